The minimum absolute atomic E-state index is 0.0321. The molecule has 0 N–H and O–H groups in total. The molecule has 0 spiro atoms. The smallest absolute Gasteiger partial charge is 0.294 e. The summed E-state index contributed by atoms with van der Waals surface area (Å²) in [5.41, 5.74) is 1.36. The number of ketones is 2. The van der Waals surface area contributed by atoms with Gasteiger partial charge in [-0.15, -0.1) is 0 Å². The number of hydrogen-bond donors (Lipinski definition) is 0. The van der Waals surface area contributed by atoms with E-state index in [-0.39, 0.29) is 5.56 Å². The molecule has 0 heterocycles. The van der Waals surface area contributed by atoms with Crippen LogP contribution in [0.1, 0.15) is 27.9 Å². The van der Waals surface area contributed by atoms with Crippen molar-refractivity contribution in [1.82, 2.24) is 0 Å². The van der Waals surface area contributed by atoms with E-state index in [2.05, 4.69) is 11.8 Å². The van der Waals surface area contributed by atoms with Crippen molar-refractivity contribution in [2.75, 3.05) is 0 Å². The van der Waals surface area contributed by atoms with Crippen molar-refractivity contribution in [1.29, 1.82) is 0 Å². The SMILES string of the molecule is O=C(CC(=O)C(F)(F)F)c1ccc(C#Cc2ccc(Cl)cc2)cc1. The first-order valence-corrected chi connectivity index (χ1v) is 7.14. The van der Waals surface area contributed by atoms with Gasteiger partial charge in [0.05, 0.1) is 6.42 Å². The highest BCUT2D eigenvalue weighted by atomic mass is 35.5. The average Bonchev–Trinajstić information content (AvgIpc) is 2.54. The van der Waals surface area contributed by atoms with E-state index < -0.39 is 24.2 Å². The molecule has 122 valence electrons. The van der Waals surface area contributed by atoms with Gasteiger partial charge < -0.3 is 0 Å². The fourth-order valence-electron chi connectivity index (χ4n) is 1.77. The molecule has 24 heavy (non-hydrogen) atoms. The van der Waals surface area contributed by atoms with Crippen LogP contribution in [-0.2, 0) is 4.79 Å². The third-order valence-electron chi connectivity index (χ3n) is 3.04. The molecular formula is C18H10ClF3O2. The van der Waals surface area contributed by atoms with Gasteiger partial charge in [0, 0.05) is 21.7 Å². The molecule has 0 unspecified atom stereocenters. The summed E-state index contributed by atoms with van der Waals surface area (Å²) in [6, 6.07) is 12.6. The van der Waals surface area contributed by atoms with E-state index in [1.807, 2.05) is 0 Å². The zero-order chi connectivity index (χ0) is 17.7. The van der Waals surface area contributed by atoms with Gasteiger partial charge in [0.25, 0.3) is 0 Å². The number of alkyl halides is 3. The van der Waals surface area contributed by atoms with Crippen molar-refractivity contribution in [3.8, 4) is 11.8 Å². The van der Waals surface area contributed by atoms with Crippen molar-refractivity contribution >= 4 is 23.2 Å². The van der Waals surface area contributed by atoms with E-state index >= 15 is 0 Å². The Morgan fingerprint density at radius 2 is 1.33 bits per heavy atom. The number of hydrogen-bond acceptors (Lipinski definition) is 2. The second kappa shape index (κ2) is 7.33. The largest absolute Gasteiger partial charge is 0.450 e. The molecule has 0 aromatic heterocycles. The molecule has 0 saturated carbocycles. The maximum absolute atomic E-state index is 12.1. The Balaban J connectivity index is 2.07. The summed E-state index contributed by atoms with van der Waals surface area (Å²) in [5.74, 6) is 2.82. The summed E-state index contributed by atoms with van der Waals surface area (Å²) >= 11 is 5.77. The van der Waals surface area contributed by atoms with Gasteiger partial charge in [-0.2, -0.15) is 13.2 Å². The van der Waals surface area contributed by atoms with Crippen LogP contribution in [-0.4, -0.2) is 17.7 Å². The van der Waals surface area contributed by atoms with E-state index in [1.54, 1.807) is 24.3 Å². The van der Waals surface area contributed by atoms with Crippen LogP contribution in [0.4, 0.5) is 13.2 Å². The van der Waals surface area contributed by atoms with Gasteiger partial charge in [0.2, 0.25) is 5.78 Å². The molecule has 6 heteroatoms. The van der Waals surface area contributed by atoms with Crippen molar-refractivity contribution < 1.29 is 22.8 Å². The van der Waals surface area contributed by atoms with Gasteiger partial charge in [0.1, 0.15) is 0 Å². The van der Waals surface area contributed by atoms with E-state index in [0.29, 0.717) is 10.6 Å². The lowest BCUT2D eigenvalue weighted by atomic mass is 10.0. The normalized spacial score (nSPS) is 10.7. The lowest BCUT2D eigenvalue weighted by Crippen LogP contribution is -2.25. The highest BCUT2D eigenvalue weighted by molar-refractivity contribution is 6.30. The standard InChI is InChI=1S/C18H10ClF3O2/c19-15-9-5-13(6-10-15)2-1-12-3-7-14(8-4-12)16(23)11-17(24)18(20,21)22/h3-10H,11H2. The Morgan fingerprint density at radius 1 is 0.875 bits per heavy atom. The quantitative estimate of drug-likeness (QED) is 0.466. The average molecular weight is 351 g/mol. The van der Waals surface area contributed by atoms with E-state index in [0.717, 1.165) is 5.56 Å². The molecule has 0 aliphatic rings. The van der Waals surface area contributed by atoms with Gasteiger partial charge in [-0.3, -0.25) is 9.59 Å². The minimum Gasteiger partial charge on any atom is -0.294 e. The Hall–Kier alpha value is -2.58. The lowest BCUT2D eigenvalue weighted by molar-refractivity contribution is -0.170. The number of benzene rings is 2. The maximum Gasteiger partial charge on any atom is 0.450 e. The lowest BCUT2D eigenvalue weighted by Gasteiger charge is -2.04. The Bertz CT molecular complexity index is 811. The van der Waals surface area contributed by atoms with Crippen molar-refractivity contribution in [3.05, 3.63) is 70.2 Å². The van der Waals surface area contributed by atoms with E-state index in [1.165, 1.54) is 24.3 Å². The van der Waals surface area contributed by atoms with Crippen LogP contribution >= 0.6 is 11.6 Å². The molecule has 0 amide bonds. The summed E-state index contributed by atoms with van der Waals surface area (Å²) in [6.45, 7) is 0. The third-order valence-corrected chi connectivity index (χ3v) is 3.29. The predicted octanol–water partition coefficient (Wildman–Crippen LogP) is 4.44. The summed E-state index contributed by atoms with van der Waals surface area (Å²) < 4.78 is 36.4. The zero-order valence-corrected chi connectivity index (χ0v) is 12.9. The van der Waals surface area contributed by atoms with Crippen molar-refractivity contribution in [2.45, 2.75) is 12.6 Å². The first-order valence-electron chi connectivity index (χ1n) is 6.76. The van der Waals surface area contributed by atoms with Crippen LogP contribution in [0.15, 0.2) is 48.5 Å². The Morgan fingerprint density at radius 3 is 1.79 bits per heavy atom. The number of rotatable bonds is 3. The fraction of sp³-hybridized carbons (Fsp3) is 0.111. The van der Waals surface area contributed by atoms with Crippen LogP contribution in [0.3, 0.4) is 0 Å². The molecule has 2 aromatic rings. The second-order valence-corrected chi connectivity index (χ2v) is 5.29. The fourth-order valence-corrected chi connectivity index (χ4v) is 1.89. The molecule has 0 aliphatic heterocycles. The monoisotopic (exact) mass is 350 g/mol. The highest BCUT2D eigenvalue weighted by Crippen LogP contribution is 2.19. The molecule has 0 fully saturated rings. The molecule has 0 aliphatic carbocycles. The molecule has 0 saturated heterocycles. The molecule has 0 atom stereocenters. The molecule has 2 aromatic carbocycles. The first kappa shape index (κ1) is 17.8. The maximum atomic E-state index is 12.1. The summed E-state index contributed by atoms with van der Waals surface area (Å²) in [5, 5.41) is 0.594. The minimum atomic E-state index is -5.00. The van der Waals surface area contributed by atoms with Gasteiger partial charge >= 0.3 is 6.18 Å². The van der Waals surface area contributed by atoms with Crippen LogP contribution in [0, 0.1) is 11.8 Å². The Kier molecular flexibility index (Phi) is 5.42. The number of Topliss-reactive ketones (excluding diaryl/α,β-unsaturated/α-hetero) is 2. The number of carbonyl (C=O) groups excluding carboxylic acids is 2. The third kappa shape index (κ3) is 4.97. The summed E-state index contributed by atoms with van der Waals surface area (Å²) in [4.78, 5) is 22.5. The van der Waals surface area contributed by atoms with Crippen LogP contribution in [0.5, 0.6) is 0 Å². The van der Waals surface area contributed by atoms with Crippen LogP contribution < -0.4 is 0 Å². The van der Waals surface area contributed by atoms with Gasteiger partial charge in [-0.1, -0.05) is 35.6 Å². The van der Waals surface area contributed by atoms with Gasteiger partial charge in [-0.05, 0) is 36.4 Å². The summed E-state index contributed by atoms with van der Waals surface area (Å²) in [7, 11) is 0. The zero-order valence-electron chi connectivity index (χ0n) is 12.2. The Labute approximate surface area is 141 Å². The highest BCUT2D eigenvalue weighted by Gasteiger charge is 2.39. The van der Waals surface area contributed by atoms with Gasteiger partial charge in [-0.25, -0.2) is 0 Å². The van der Waals surface area contributed by atoms with E-state index in [4.69, 9.17) is 11.6 Å². The van der Waals surface area contributed by atoms with Crippen molar-refractivity contribution in [3.63, 3.8) is 0 Å². The summed E-state index contributed by atoms with van der Waals surface area (Å²) in [6.07, 6.45) is -6.20. The van der Waals surface area contributed by atoms with Gasteiger partial charge in [0.15, 0.2) is 5.78 Å². The molecule has 2 rings (SSSR count). The van der Waals surface area contributed by atoms with Crippen LogP contribution in [0.2, 0.25) is 5.02 Å². The van der Waals surface area contributed by atoms with E-state index in [9.17, 15) is 22.8 Å². The molecule has 2 nitrogen and oxygen atoms in total. The molecule has 0 radical (unpaired) electrons. The topological polar surface area (TPSA) is 34.1 Å². The van der Waals surface area contributed by atoms with Crippen molar-refractivity contribution in [2.24, 2.45) is 0 Å². The molecular weight excluding hydrogens is 341 g/mol. The van der Waals surface area contributed by atoms with Crippen LogP contribution in [0.25, 0.3) is 0 Å². The first-order chi connectivity index (χ1) is 11.3. The number of carbonyl (C=O) groups is 2. The predicted molar refractivity (Wildman–Crippen MR) is 83.9 cm³/mol. The number of halogens is 4. The second-order valence-electron chi connectivity index (χ2n) is 4.86. The molecule has 0 bridgehead atoms.